The summed E-state index contributed by atoms with van der Waals surface area (Å²) in [6, 6.07) is 2.65. The van der Waals surface area contributed by atoms with Gasteiger partial charge in [0, 0.05) is 35.2 Å². The van der Waals surface area contributed by atoms with Gasteiger partial charge < -0.3 is 20.3 Å². The Morgan fingerprint density at radius 1 is 1.29 bits per heavy atom. The van der Waals surface area contributed by atoms with E-state index in [4.69, 9.17) is 0 Å². The Bertz CT molecular complexity index is 760. The van der Waals surface area contributed by atoms with Gasteiger partial charge in [0.15, 0.2) is 0 Å². The van der Waals surface area contributed by atoms with Crippen molar-refractivity contribution in [3.63, 3.8) is 0 Å². The molecule has 2 aromatic rings. The van der Waals surface area contributed by atoms with Crippen molar-refractivity contribution in [2.75, 3.05) is 6.54 Å². The van der Waals surface area contributed by atoms with Crippen LogP contribution in [0, 0.1) is 5.82 Å². The predicted octanol–water partition coefficient (Wildman–Crippen LogP) is 0.909. The number of nitrogens with one attached hydrogen (secondary N) is 1. The monoisotopic (exact) mass is 290 g/mol. The van der Waals surface area contributed by atoms with Gasteiger partial charge in [-0.15, -0.1) is 0 Å². The Morgan fingerprint density at radius 3 is 2.86 bits per heavy atom. The molecule has 0 saturated carbocycles. The molecule has 1 aromatic carbocycles. The van der Waals surface area contributed by atoms with Crippen molar-refractivity contribution in [3.05, 3.63) is 41.3 Å². The van der Waals surface area contributed by atoms with Gasteiger partial charge in [-0.3, -0.25) is 0 Å². The number of benzene rings is 1. The van der Waals surface area contributed by atoms with Crippen LogP contribution in [-0.2, 0) is 6.42 Å². The number of fused-ring (bicyclic) bond motifs is 2. The Labute approximate surface area is 119 Å². The Kier molecular flexibility index (Phi) is 2.56. The molecule has 110 valence electrons. The van der Waals surface area contributed by atoms with Gasteiger partial charge in [0.1, 0.15) is 5.82 Å². The van der Waals surface area contributed by atoms with Crippen molar-refractivity contribution in [1.82, 2.24) is 9.88 Å². The summed E-state index contributed by atoms with van der Waals surface area (Å²) in [6.45, 7) is 0.301. The summed E-state index contributed by atoms with van der Waals surface area (Å²) >= 11 is 0. The predicted molar refractivity (Wildman–Crippen MR) is 74.4 cm³/mol. The lowest BCUT2D eigenvalue weighted by molar-refractivity contribution is -0.398. The summed E-state index contributed by atoms with van der Waals surface area (Å²) in [4.78, 5) is 4.30. The Balaban J connectivity index is 1.95. The fourth-order valence-corrected chi connectivity index (χ4v) is 3.59. The van der Waals surface area contributed by atoms with Gasteiger partial charge in [-0.25, -0.2) is 9.29 Å². The zero-order valence-corrected chi connectivity index (χ0v) is 11.2. The average molecular weight is 290 g/mol. The molecule has 1 aliphatic heterocycles. The van der Waals surface area contributed by atoms with Crippen LogP contribution in [0.3, 0.4) is 0 Å². The van der Waals surface area contributed by atoms with E-state index >= 15 is 0 Å². The van der Waals surface area contributed by atoms with Gasteiger partial charge in [0.2, 0.25) is 0 Å². The van der Waals surface area contributed by atoms with Crippen LogP contribution in [0.25, 0.3) is 16.5 Å². The van der Waals surface area contributed by atoms with Crippen LogP contribution in [0.2, 0.25) is 0 Å². The Hall–Kier alpha value is -1.73. The van der Waals surface area contributed by atoms with Gasteiger partial charge in [-0.2, -0.15) is 0 Å². The molecular weight excluding hydrogens is 275 g/mol. The largest absolute Gasteiger partial charge is 0.361 e. The maximum Gasteiger partial charge on any atom is 0.346 e. The third kappa shape index (κ3) is 1.77. The van der Waals surface area contributed by atoms with E-state index in [2.05, 4.69) is 4.98 Å². The topological polar surface area (TPSA) is 79.7 Å². The fraction of sp³-hybridized carbons (Fsp3) is 0.333. The molecule has 0 bridgehead atoms. The lowest BCUT2D eigenvalue weighted by atomic mass is 9.81. The van der Waals surface area contributed by atoms with Crippen molar-refractivity contribution >= 4 is 16.5 Å². The van der Waals surface area contributed by atoms with E-state index in [0.717, 1.165) is 16.5 Å². The third-order valence-electron chi connectivity index (χ3n) is 4.43. The van der Waals surface area contributed by atoms with E-state index in [-0.39, 0.29) is 5.82 Å². The van der Waals surface area contributed by atoms with Gasteiger partial charge in [-0.05, 0) is 36.1 Å². The highest BCUT2D eigenvalue weighted by atomic mass is 19.1. The quantitative estimate of drug-likeness (QED) is 0.589. The number of aromatic nitrogens is 1. The van der Waals surface area contributed by atoms with E-state index in [1.165, 1.54) is 11.0 Å². The lowest BCUT2D eigenvalue weighted by Gasteiger charge is -2.42. The van der Waals surface area contributed by atoms with Crippen LogP contribution in [0.15, 0.2) is 24.4 Å². The second-order valence-corrected chi connectivity index (χ2v) is 5.62. The zero-order chi connectivity index (χ0) is 14.8. The van der Waals surface area contributed by atoms with Crippen LogP contribution >= 0.6 is 0 Å². The number of aromatic amines is 1. The molecule has 6 heteroatoms. The standard InChI is InChI=1S/C15H15FN2O3/c16-10-3-4-11-13-8(7-17-11)6-12-9(14(10)13)2-1-5-18(12)15(19,20)21/h2-4,7,12,17,19-21H,1,5-6H2. The molecule has 0 amide bonds. The number of halogens is 1. The fourth-order valence-electron chi connectivity index (χ4n) is 3.59. The molecule has 4 rings (SSSR count). The maximum absolute atomic E-state index is 14.3. The molecule has 0 spiro atoms. The molecule has 1 atom stereocenters. The number of hydrogen-bond acceptors (Lipinski definition) is 4. The van der Waals surface area contributed by atoms with Gasteiger partial charge >= 0.3 is 6.10 Å². The highest BCUT2D eigenvalue weighted by Gasteiger charge is 2.42. The van der Waals surface area contributed by atoms with Crippen LogP contribution < -0.4 is 0 Å². The molecule has 0 fully saturated rings. The first-order valence-corrected chi connectivity index (χ1v) is 6.89. The molecule has 5 nitrogen and oxygen atoms in total. The Morgan fingerprint density at radius 2 is 2.10 bits per heavy atom. The highest BCUT2D eigenvalue weighted by molar-refractivity contribution is 5.98. The van der Waals surface area contributed by atoms with Crippen molar-refractivity contribution in [3.8, 4) is 0 Å². The molecule has 0 radical (unpaired) electrons. The molecule has 1 aliphatic carbocycles. The van der Waals surface area contributed by atoms with Gasteiger partial charge in [-0.1, -0.05) is 6.08 Å². The number of aliphatic hydroxyl groups is 3. The first-order valence-electron chi connectivity index (χ1n) is 6.89. The summed E-state index contributed by atoms with van der Waals surface area (Å²) in [7, 11) is 0. The molecule has 4 N–H and O–H groups in total. The van der Waals surface area contributed by atoms with E-state index in [1.54, 1.807) is 6.07 Å². The molecule has 1 aromatic heterocycles. The number of H-pyrrole nitrogens is 1. The maximum atomic E-state index is 14.3. The summed E-state index contributed by atoms with van der Waals surface area (Å²) < 4.78 is 14.3. The van der Waals surface area contributed by atoms with Crippen molar-refractivity contribution < 1.29 is 19.7 Å². The van der Waals surface area contributed by atoms with Crippen molar-refractivity contribution in [2.45, 2.75) is 25.0 Å². The van der Waals surface area contributed by atoms with Crippen molar-refractivity contribution in [2.24, 2.45) is 0 Å². The van der Waals surface area contributed by atoms with E-state index in [0.29, 0.717) is 30.5 Å². The molecular formula is C15H15FN2O3. The molecule has 0 saturated heterocycles. The molecule has 2 heterocycles. The second kappa shape index (κ2) is 4.14. The molecule has 1 unspecified atom stereocenters. The van der Waals surface area contributed by atoms with Crippen LogP contribution in [0.4, 0.5) is 4.39 Å². The minimum atomic E-state index is -2.90. The number of nitrogens with zero attached hydrogens (tertiary/aromatic N) is 1. The third-order valence-corrected chi connectivity index (χ3v) is 4.43. The van der Waals surface area contributed by atoms with E-state index < -0.39 is 12.1 Å². The van der Waals surface area contributed by atoms with E-state index in [1.807, 2.05) is 12.3 Å². The summed E-state index contributed by atoms with van der Waals surface area (Å²) in [5, 5.41) is 29.5. The van der Waals surface area contributed by atoms with Gasteiger partial charge in [0.05, 0.1) is 0 Å². The van der Waals surface area contributed by atoms with Gasteiger partial charge in [0.25, 0.3) is 0 Å². The average Bonchev–Trinajstić information content (AvgIpc) is 2.83. The van der Waals surface area contributed by atoms with Crippen LogP contribution in [-0.4, -0.2) is 43.9 Å². The minimum absolute atomic E-state index is 0.301. The number of rotatable bonds is 1. The number of hydrogen-bond donors (Lipinski definition) is 4. The van der Waals surface area contributed by atoms with Crippen LogP contribution in [0.5, 0.6) is 0 Å². The first-order chi connectivity index (χ1) is 9.97. The van der Waals surface area contributed by atoms with Crippen LogP contribution in [0.1, 0.15) is 17.5 Å². The normalized spacial score (nSPS) is 22.3. The molecule has 21 heavy (non-hydrogen) atoms. The summed E-state index contributed by atoms with van der Waals surface area (Å²) in [6.07, 6.45) is 1.84. The second-order valence-electron chi connectivity index (χ2n) is 5.62. The SMILES string of the molecule is OC(O)(O)N1CCC=C2c3c(F)ccc4[nH]cc(c34)CC21. The molecule has 2 aliphatic rings. The zero-order valence-electron chi connectivity index (χ0n) is 11.2. The minimum Gasteiger partial charge on any atom is -0.361 e. The lowest BCUT2D eigenvalue weighted by Crippen LogP contribution is -2.56. The smallest absolute Gasteiger partial charge is 0.346 e. The van der Waals surface area contributed by atoms with Crippen molar-refractivity contribution in [1.29, 1.82) is 0 Å². The highest BCUT2D eigenvalue weighted by Crippen LogP contribution is 2.42. The summed E-state index contributed by atoms with van der Waals surface area (Å²) in [5.74, 6) is -0.333. The summed E-state index contributed by atoms with van der Waals surface area (Å²) in [5.41, 5.74) is 2.98. The first kappa shape index (κ1) is 13.0. The van der Waals surface area contributed by atoms with E-state index in [9.17, 15) is 19.7 Å².